The molecule has 0 amide bonds. The number of fused-ring (bicyclic) bond motifs is 3. The highest BCUT2D eigenvalue weighted by molar-refractivity contribution is 7.99. The molecule has 1 saturated heterocycles. The maximum atomic E-state index is 13.4. The highest BCUT2D eigenvalue weighted by Gasteiger charge is 2.24. The van der Waals surface area contributed by atoms with E-state index < -0.39 is 0 Å². The summed E-state index contributed by atoms with van der Waals surface area (Å²) in [6, 6.07) is 3.77. The zero-order valence-electron chi connectivity index (χ0n) is 15.1. The Hall–Kier alpha value is -1.57. The first-order chi connectivity index (χ1) is 13.3. The standard InChI is InChI=1S/C20H22N2O3S2/c23-19-17-15-7-1-2-8-16(15)27-18(17)21-20(26-12-14-6-4-10-25-14)22(19)11-13-5-3-9-24-13/h3,5,9,14H,1-2,4,6-8,10-12H2. The molecule has 1 atom stereocenters. The summed E-state index contributed by atoms with van der Waals surface area (Å²) in [5.41, 5.74) is 1.31. The molecule has 27 heavy (non-hydrogen) atoms. The number of aromatic nitrogens is 2. The van der Waals surface area contributed by atoms with Crippen molar-refractivity contribution in [2.24, 2.45) is 0 Å². The van der Waals surface area contributed by atoms with Gasteiger partial charge in [0.05, 0.1) is 24.3 Å². The maximum Gasteiger partial charge on any atom is 0.263 e. The second kappa shape index (κ2) is 7.45. The van der Waals surface area contributed by atoms with Crippen LogP contribution in [0.2, 0.25) is 0 Å². The Balaban J connectivity index is 1.58. The molecule has 0 saturated carbocycles. The molecular weight excluding hydrogens is 380 g/mol. The zero-order valence-corrected chi connectivity index (χ0v) is 16.7. The van der Waals surface area contributed by atoms with Crippen LogP contribution in [0.1, 0.15) is 41.9 Å². The van der Waals surface area contributed by atoms with E-state index in [-0.39, 0.29) is 11.7 Å². The number of furan rings is 1. The van der Waals surface area contributed by atoms with E-state index in [1.165, 1.54) is 16.9 Å². The molecule has 142 valence electrons. The number of hydrogen-bond acceptors (Lipinski definition) is 6. The fourth-order valence-corrected chi connectivity index (χ4v) is 6.34. The van der Waals surface area contributed by atoms with Gasteiger partial charge in [-0.3, -0.25) is 9.36 Å². The van der Waals surface area contributed by atoms with Gasteiger partial charge in [-0.2, -0.15) is 0 Å². The van der Waals surface area contributed by atoms with E-state index in [1.807, 2.05) is 12.1 Å². The fraction of sp³-hybridized carbons (Fsp3) is 0.500. The number of rotatable bonds is 5. The first-order valence-electron chi connectivity index (χ1n) is 9.61. The summed E-state index contributed by atoms with van der Waals surface area (Å²) in [5.74, 6) is 1.61. The molecule has 1 unspecified atom stereocenters. The molecule has 0 radical (unpaired) electrons. The highest BCUT2D eigenvalue weighted by atomic mass is 32.2. The highest BCUT2D eigenvalue weighted by Crippen LogP contribution is 2.35. The van der Waals surface area contributed by atoms with Crippen LogP contribution in [0.25, 0.3) is 10.2 Å². The van der Waals surface area contributed by atoms with Crippen molar-refractivity contribution in [2.75, 3.05) is 12.4 Å². The Morgan fingerprint density at radius 2 is 2.22 bits per heavy atom. The monoisotopic (exact) mass is 402 g/mol. The number of aryl methyl sites for hydroxylation is 2. The molecular formula is C20H22N2O3S2. The van der Waals surface area contributed by atoms with Gasteiger partial charge >= 0.3 is 0 Å². The lowest BCUT2D eigenvalue weighted by molar-refractivity contribution is 0.129. The molecule has 3 aromatic heterocycles. The lowest BCUT2D eigenvalue weighted by Crippen LogP contribution is -2.24. The summed E-state index contributed by atoms with van der Waals surface area (Å²) in [7, 11) is 0. The Kier molecular flexibility index (Phi) is 4.83. The third kappa shape index (κ3) is 3.37. The van der Waals surface area contributed by atoms with Crippen molar-refractivity contribution in [1.82, 2.24) is 9.55 Å². The smallest absolute Gasteiger partial charge is 0.263 e. The lowest BCUT2D eigenvalue weighted by Gasteiger charge is -2.14. The van der Waals surface area contributed by atoms with Crippen molar-refractivity contribution >= 4 is 33.3 Å². The predicted octanol–water partition coefficient (Wildman–Crippen LogP) is 4.25. The van der Waals surface area contributed by atoms with Crippen molar-refractivity contribution in [2.45, 2.75) is 56.3 Å². The SMILES string of the molecule is O=c1c2c3c(sc2nc(SCC2CCCO2)n1Cc1ccco1)CCCC3. The number of hydrogen-bond donors (Lipinski definition) is 0. The van der Waals surface area contributed by atoms with Crippen LogP contribution >= 0.6 is 23.1 Å². The predicted molar refractivity (Wildman–Crippen MR) is 108 cm³/mol. The van der Waals surface area contributed by atoms with E-state index in [0.717, 1.165) is 65.6 Å². The molecule has 4 heterocycles. The normalized spacial score (nSPS) is 19.6. The summed E-state index contributed by atoms with van der Waals surface area (Å²) in [6.45, 7) is 1.27. The second-order valence-electron chi connectivity index (χ2n) is 7.20. The third-order valence-electron chi connectivity index (χ3n) is 5.36. The van der Waals surface area contributed by atoms with E-state index in [2.05, 4.69) is 0 Å². The van der Waals surface area contributed by atoms with Crippen molar-refractivity contribution in [1.29, 1.82) is 0 Å². The molecule has 1 aliphatic heterocycles. The minimum absolute atomic E-state index is 0.0747. The Morgan fingerprint density at radius 3 is 3.04 bits per heavy atom. The Labute approximate surface area is 165 Å². The quantitative estimate of drug-likeness (QED) is 0.472. The molecule has 0 aromatic carbocycles. The van der Waals surface area contributed by atoms with Gasteiger partial charge in [-0.1, -0.05) is 11.8 Å². The average molecular weight is 403 g/mol. The van der Waals surface area contributed by atoms with Gasteiger partial charge in [-0.05, 0) is 56.2 Å². The number of thiophene rings is 1. The molecule has 0 N–H and O–H groups in total. The van der Waals surface area contributed by atoms with Crippen LogP contribution in [0.5, 0.6) is 0 Å². The van der Waals surface area contributed by atoms with Crippen molar-refractivity contribution in [3.8, 4) is 0 Å². The molecule has 0 bridgehead atoms. The first-order valence-corrected chi connectivity index (χ1v) is 11.4. The molecule has 1 fully saturated rings. The lowest BCUT2D eigenvalue weighted by atomic mass is 9.97. The van der Waals surface area contributed by atoms with Crippen LogP contribution in [-0.2, 0) is 24.1 Å². The molecule has 3 aromatic rings. The maximum absolute atomic E-state index is 13.4. The van der Waals surface area contributed by atoms with Crippen molar-refractivity contribution in [3.05, 3.63) is 45.0 Å². The summed E-state index contributed by atoms with van der Waals surface area (Å²) in [4.78, 5) is 20.6. The van der Waals surface area contributed by atoms with Gasteiger partial charge in [0, 0.05) is 17.2 Å². The van der Waals surface area contributed by atoms with Gasteiger partial charge < -0.3 is 9.15 Å². The molecule has 1 aliphatic carbocycles. The van der Waals surface area contributed by atoms with Gasteiger partial charge in [0.25, 0.3) is 5.56 Å². The molecule has 0 spiro atoms. The van der Waals surface area contributed by atoms with Crippen LogP contribution in [-0.4, -0.2) is 28.0 Å². The van der Waals surface area contributed by atoms with Gasteiger partial charge in [-0.15, -0.1) is 11.3 Å². The molecule has 2 aliphatic rings. The first kappa shape index (κ1) is 17.5. The van der Waals surface area contributed by atoms with Crippen LogP contribution < -0.4 is 5.56 Å². The third-order valence-corrected chi connectivity index (χ3v) is 7.65. The Bertz CT molecular complexity index is 1000. The number of ether oxygens (including phenoxy) is 1. The molecule has 5 nitrogen and oxygen atoms in total. The van der Waals surface area contributed by atoms with Crippen molar-refractivity contribution < 1.29 is 9.15 Å². The average Bonchev–Trinajstić information content (AvgIpc) is 3.43. The van der Waals surface area contributed by atoms with Crippen molar-refractivity contribution in [3.63, 3.8) is 0 Å². The van der Waals surface area contributed by atoms with E-state index in [9.17, 15) is 4.79 Å². The number of nitrogens with zero attached hydrogens (tertiary/aromatic N) is 2. The van der Waals surface area contributed by atoms with Gasteiger partial charge in [0.2, 0.25) is 0 Å². The van der Waals surface area contributed by atoms with Crippen LogP contribution in [0.3, 0.4) is 0 Å². The van der Waals surface area contributed by atoms with Crippen LogP contribution in [0.15, 0.2) is 32.8 Å². The minimum atomic E-state index is 0.0747. The topological polar surface area (TPSA) is 57.3 Å². The van der Waals surface area contributed by atoms with E-state index in [0.29, 0.717) is 6.54 Å². The van der Waals surface area contributed by atoms with Gasteiger partial charge in [0.1, 0.15) is 10.6 Å². The largest absolute Gasteiger partial charge is 0.467 e. The van der Waals surface area contributed by atoms with E-state index >= 15 is 0 Å². The van der Waals surface area contributed by atoms with Gasteiger partial charge in [-0.25, -0.2) is 4.98 Å². The van der Waals surface area contributed by atoms with E-state index in [1.54, 1.807) is 33.9 Å². The molecule has 7 heteroatoms. The summed E-state index contributed by atoms with van der Waals surface area (Å²) in [6.07, 6.45) is 8.56. The fourth-order valence-electron chi connectivity index (χ4n) is 3.97. The summed E-state index contributed by atoms with van der Waals surface area (Å²) >= 11 is 3.34. The molecule has 5 rings (SSSR count). The van der Waals surface area contributed by atoms with Crippen LogP contribution in [0, 0.1) is 0 Å². The minimum Gasteiger partial charge on any atom is -0.467 e. The second-order valence-corrected chi connectivity index (χ2v) is 9.27. The van der Waals surface area contributed by atoms with Crippen LogP contribution in [0.4, 0.5) is 0 Å². The zero-order chi connectivity index (χ0) is 18.2. The van der Waals surface area contributed by atoms with Gasteiger partial charge in [0.15, 0.2) is 5.16 Å². The summed E-state index contributed by atoms with van der Waals surface area (Å²) < 4.78 is 13.1. The van der Waals surface area contributed by atoms with E-state index in [4.69, 9.17) is 14.1 Å². The Morgan fingerprint density at radius 1 is 1.30 bits per heavy atom. The number of thioether (sulfide) groups is 1. The summed E-state index contributed by atoms with van der Waals surface area (Å²) in [5, 5.41) is 1.61.